The van der Waals surface area contributed by atoms with E-state index in [-0.39, 0.29) is 0 Å². The number of hydrogen-bond acceptors (Lipinski definition) is 3. The Kier molecular flexibility index (Phi) is 4.92. The van der Waals surface area contributed by atoms with Crippen molar-refractivity contribution in [3.05, 3.63) is 18.2 Å². The number of aromatic nitrogens is 2. The van der Waals surface area contributed by atoms with Crippen LogP contribution in [0.3, 0.4) is 0 Å². The Morgan fingerprint density at radius 3 is 3.12 bits per heavy atom. The van der Waals surface area contributed by atoms with Crippen LogP contribution in [0.4, 0.5) is 0 Å². The molecule has 1 aromatic heterocycles. The monoisotopic (exact) mass is 253 g/mol. The molecule has 2 unspecified atom stereocenters. The van der Waals surface area contributed by atoms with Crippen LogP contribution in [-0.4, -0.2) is 26.6 Å². The molecule has 0 bridgehead atoms. The summed E-state index contributed by atoms with van der Waals surface area (Å²) in [6.45, 7) is 6.39. The van der Waals surface area contributed by atoms with Crippen LogP contribution in [-0.2, 0) is 13.1 Å². The lowest BCUT2D eigenvalue weighted by molar-refractivity contribution is 0.515. The number of rotatable bonds is 6. The highest BCUT2D eigenvalue weighted by Crippen LogP contribution is 2.29. The standard InChI is InChI=1S/C13H23N3S/c1-3-16-10-14-8-11(16)9-15-12-6-5-7-13(12)17-4-2/h8,10,12-13,15H,3-7,9H2,1-2H3. The molecule has 2 rings (SSSR count). The average molecular weight is 253 g/mol. The van der Waals surface area contributed by atoms with Crippen LogP contribution < -0.4 is 5.32 Å². The molecular weight excluding hydrogens is 230 g/mol. The van der Waals surface area contributed by atoms with E-state index in [4.69, 9.17) is 0 Å². The van der Waals surface area contributed by atoms with Gasteiger partial charge in [0.05, 0.1) is 12.0 Å². The molecule has 4 heteroatoms. The van der Waals surface area contributed by atoms with Gasteiger partial charge in [0, 0.05) is 30.6 Å². The number of hydrogen-bond donors (Lipinski definition) is 1. The molecule has 0 saturated heterocycles. The summed E-state index contributed by atoms with van der Waals surface area (Å²) in [5.41, 5.74) is 1.31. The maximum Gasteiger partial charge on any atom is 0.0948 e. The van der Waals surface area contributed by atoms with Gasteiger partial charge >= 0.3 is 0 Å². The summed E-state index contributed by atoms with van der Waals surface area (Å²) >= 11 is 2.11. The molecule has 1 heterocycles. The molecule has 1 aliphatic carbocycles. The molecule has 0 amide bonds. The second-order valence-corrected chi connectivity index (χ2v) is 6.10. The Hall–Kier alpha value is -0.480. The van der Waals surface area contributed by atoms with Gasteiger partial charge < -0.3 is 9.88 Å². The van der Waals surface area contributed by atoms with Crippen molar-refractivity contribution in [3.8, 4) is 0 Å². The quantitative estimate of drug-likeness (QED) is 0.845. The summed E-state index contributed by atoms with van der Waals surface area (Å²) < 4.78 is 2.21. The maximum atomic E-state index is 4.21. The summed E-state index contributed by atoms with van der Waals surface area (Å²) in [6, 6.07) is 0.695. The van der Waals surface area contributed by atoms with Gasteiger partial charge in [0.2, 0.25) is 0 Å². The van der Waals surface area contributed by atoms with Crippen LogP contribution in [0.5, 0.6) is 0 Å². The Labute approximate surface area is 108 Å². The highest BCUT2D eigenvalue weighted by atomic mass is 32.2. The molecule has 2 atom stereocenters. The minimum absolute atomic E-state index is 0.695. The van der Waals surface area contributed by atoms with Crippen LogP contribution >= 0.6 is 11.8 Å². The predicted octanol–water partition coefficient (Wildman–Crippen LogP) is 2.67. The summed E-state index contributed by atoms with van der Waals surface area (Å²) in [5, 5.41) is 4.53. The number of nitrogens with one attached hydrogen (secondary N) is 1. The van der Waals surface area contributed by atoms with Gasteiger partial charge in [-0.1, -0.05) is 13.3 Å². The fourth-order valence-electron chi connectivity index (χ4n) is 2.59. The molecule has 1 N–H and O–H groups in total. The molecule has 1 aromatic rings. The van der Waals surface area contributed by atoms with Gasteiger partial charge in [-0.3, -0.25) is 0 Å². The van der Waals surface area contributed by atoms with E-state index in [1.54, 1.807) is 0 Å². The van der Waals surface area contributed by atoms with E-state index < -0.39 is 0 Å². The third-order valence-corrected chi connectivity index (χ3v) is 4.84. The van der Waals surface area contributed by atoms with Crippen molar-refractivity contribution in [2.45, 2.75) is 57.5 Å². The zero-order valence-corrected chi connectivity index (χ0v) is 11.7. The van der Waals surface area contributed by atoms with Gasteiger partial charge in [0.1, 0.15) is 0 Å². The molecule has 3 nitrogen and oxygen atoms in total. The van der Waals surface area contributed by atoms with E-state index in [0.717, 1.165) is 18.3 Å². The van der Waals surface area contributed by atoms with E-state index in [0.29, 0.717) is 6.04 Å². The zero-order chi connectivity index (χ0) is 12.1. The lowest BCUT2D eigenvalue weighted by Gasteiger charge is -2.20. The van der Waals surface area contributed by atoms with Gasteiger partial charge in [-0.25, -0.2) is 4.98 Å². The van der Waals surface area contributed by atoms with Gasteiger partial charge in [-0.05, 0) is 25.5 Å². The first-order chi connectivity index (χ1) is 8.35. The predicted molar refractivity (Wildman–Crippen MR) is 74.3 cm³/mol. The van der Waals surface area contributed by atoms with E-state index >= 15 is 0 Å². The number of nitrogens with zero attached hydrogens (tertiary/aromatic N) is 2. The van der Waals surface area contributed by atoms with Gasteiger partial charge in [-0.15, -0.1) is 0 Å². The minimum Gasteiger partial charge on any atom is -0.334 e. The summed E-state index contributed by atoms with van der Waals surface area (Å²) in [5.74, 6) is 1.23. The molecule has 1 aliphatic rings. The van der Waals surface area contributed by atoms with Gasteiger partial charge in [0.15, 0.2) is 0 Å². The van der Waals surface area contributed by atoms with Crippen molar-refractivity contribution < 1.29 is 0 Å². The van der Waals surface area contributed by atoms with Crippen molar-refractivity contribution >= 4 is 11.8 Å². The molecule has 0 spiro atoms. The first kappa shape index (κ1) is 13.0. The van der Waals surface area contributed by atoms with Crippen LogP contribution in [0.2, 0.25) is 0 Å². The number of thioether (sulfide) groups is 1. The smallest absolute Gasteiger partial charge is 0.0948 e. The van der Waals surface area contributed by atoms with Crippen LogP contribution in [0.15, 0.2) is 12.5 Å². The van der Waals surface area contributed by atoms with Crippen LogP contribution in [0, 0.1) is 0 Å². The van der Waals surface area contributed by atoms with Crippen molar-refractivity contribution in [2.24, 2.45) is 0 Å². The topological polar surface area (TPSA) is 29.9 Å². The van der Waals surface area contributed by atoms with Crippen LogP contribution in [0.25, 0.3) is 0 Å². The van der Waals surface area contributed by atoms with Crippen molar-refractivity contribution in [3.63, 3.8) is 0 Å². The van der Waals surface area contributed by atoms with E-state index in [9.17, 15) is 0 Å². The van der Waals surface area contributed by atoms with E-state index in [2.05, 4.69) is 40.5 Å². The van der Waals surface area contributed by atoms with Gasteiger partial charge in [0.25, 0.3) is 0 Å². The number of aryl methyl sites for hydroxylation is 1. The highest BCUT2D eigenvalue weighted by molar-refractivity contribution is 7.99. The maximum absolute atomic E-state index is 4.21. The SMILES string of the molecule is CCSC1CCCC1NCc1cncn1CC. The Bertz CT molecular complexity index is 337. The Morgan fingerprint density at radius 1 is 1.47 bits per heavy atom. The largest absolute Gasteiger partial charge is 0.334 e. The molecule has 1 saturated carbocycles. The van der Waals surface area contributed by atoms with E-state index in [1.165, 1.54) is 30.7 Å². The lowest BCUT2D eigenvalue weighted by Crippen LogP contribution is -2.34. The Balaban J connectivity index is 1.85. The van der Waals surface area contributed by atoms with E-state index in [1.807, 2.05) is 12.5 Å². The van der Waals surface area contributed by atoms with Gasteiger partial charge in [-0.2, -0.15) is 11.8 Å². The summed E-state index contributed by atoms with van der Waals surface area (Å²) in [4.78, 5) is 4.21. The summed E-state index contributed by atoms with van der Waals surface area (Å²) in [7, 11) is 0. The fraction of sp³-hybridized carbons (Fsp3) is 0.769. The number of imidazole rings is 1. The molecule has 0 aliphatic heterocycles. The third-order valence-electron chi connectivity index (χ3n) is 3.52. The molecule has 17 heavy (non-hydrogen) atoms. The first-order valence-corrected chi connectivity index (χ1v) is 7.74. The molecule has 0 aromatic carbocycles. The molecule has 96 valence electrons. The second-order valence-electron chi connectivity index (χ2n) is 4.58. The highest BCUT2D eigenvalue weighted by Gasteiger charge is 2.26. The second kappa shape index (κ2) is 6.45. The molecular formula is C13H23N3S. The average Bonchev–Trinajstić information content (AvgIpc) is 2.95. The third kappa shape index (κ3) is 3.26. The van der Waals surface area contributed by atoms with Crippen molar-refractivity contribution in [1.29, 1.82) is 0 Å². The first-order valence-electron chi connectivity index (χ1n) is 6.69. The minimum atomic E-state index is 0.695. The van der Waals surface area contributed by atoms with Crippen molar-refractivity contribution in [2.75, 3.05) is 5.75 Å². The summed E-state index contributed by atoms with van der Waals surface area (Å²) in [6.07, 6.45) is 7.99. The molecule has 0 radical (unpaired) electrons. The van der Waals surface area contributed by atoms with Crippen molar-refractivity contribution in [1.82, 2.24) is 14.9 Å². The lowest BCUT2D eigenvalue weighted by atomic mass is 10.2. The molecule has 1 fully saturated rings. The normalized spacial score (nSPS) is 24.4. The van der Waals surface area contributed by atoms with Crippen LogP contribution in [0.1, 0.15) is 38.8 Å². The zero-order valence-electron chi connectivity index (χ0n) is 10.9. The fourth-order valence-corrected chi connectivity index (χ4v) is 3.81. The Morgan fingerprint density at radius 2 is 2.35 bits per heavy atom.